The summed E-state index contributed by atoms with van der Waals surface area (Å²) >= 11 is 0. The Bertz CT molecular complexity index is 914. The largest absolute Gasteiger partial charge is 0.416 e. The Kier molecular flexibility index (Phi) is 7.09. The fourth-order valence-corrected chi connectivity index (χ4v) is 3.65. The zero-order valence-corrected chi connectivity index (χ0v) is 16.8. The highest BCUT2D eigenvalue weighted by molar-refractivity contribution is 5.95. The molecule has 0 spiro atoms. The fraction of sp³-hybridized carbons (Fsp3) is 0.348. The van der Waals surface area contributed by atoms with Crippen LogP contribution < -0.4 is 4.90 Å². The van der Waals surface area contributed by atoms with Gasteiger partial charge in [-0.2, -0.15) is 13.2 Å². The number of para-hydroxylation sites is 1. The molecule has 1 heterocycles. The van der Waals surface area contributed by atoms with Gasteiger partial charge in [0.25, 0.3) is 0 Å². The zero-order valence-electron chi connectivity index (χ0n) is 16.8. The van der Waals surface area contributed by atoms with Crippen LogP contribution in [0.4, 0.5) is 18.9 Å². The number of benzene rings is 2. The number of alkyl halides is 3. The number of carbonyl (C=O) groups is 3. The van der Waals surface area contributed by atoms with Crippen LogP contribution in [0.2, 0.25) is 0 Å². The van der Waals surface area contributed by atoms with E-state index in [1.54, 1.807) is 30.3 Å². The van der Waals surface area contributed by atoms with Gasteiger partial charge in [-0.25, -0.2) is 0 Å². The normalized spacial score (nSPS) is 16.2. The van der Waals surface area contributed by atoms with E-state index in [1.807, 2.05) is 0 Å². The van der Waals surface area contributed by atoms with Crippen molar-refractivity contribution in [1.82, 2.24) is 4.90 Å². The lowest BCUT2D eigenvalue weighted by molar-refractivity contribution is -0.137. The predicted molar refractivity (Wildman–Crippen MR) is 109 cm³/mol. The molecular formula is C23H23F3N2O3. The maximum Gasteiger partial charge on any atom is 0.416 e. The van der Waals surface area contributed by atoms with Crippen molar-refractivity contribution in [3.05, 3.63) is 65.7 Å². The number of carbonyl (C=O) groups excluding carboxylic acids is 3. The van der Waals surface area contributed by atoms with Crippen molar-refractivity contribution in [3.8, 4) is 0 Å². The van der Waals surface area contributed by atoms with Gasteiger partial charge in [0.05, 0.1) is 18.2 Å². The summed E-state index contributed by atoms with van der Waals surface area (Å²) in [6.45, 7) is 0.584. The maximum absolute atomic E-state index is 13.0. The molecule has 164 valence electrons. The quantitative estimate of drug-likeness (QED) is 0.616. The average Bonchev–Trinajstić information content (AvgIpc) is 3.25. The minimum atomic E-state index is -4.43. The molecule has 0 bridgehead atoms. The molecule has 31 heavy (non-hydrogen) atoms. The Balaban J connectivity index is 1.71. The lowest BCUT2D eigenvalue weighted by Gasteiger charge is -2.24. The summed E-state index contributed by atoms with van der Waals surface area (Å²) in [6.07, 6.45) is -2.37. The third-order valence-corrected chi connectivity index (χ3v) is 5.32. The average molecular weight is 432 g/mol. The van der Waals surface area contributed by atoms with E-state index in [1.165, 1.54) is 21.9 Å². The smallest absolute Gasteiger partial charge is 0.333 e. The van der Waals surface area contributed by atoms with E-state index in [2.05, 4.69) is 0 Å². The van der Waals surface area contributed by atoms with Crippen molar-refractivity contribution in [2.75, 3.05) is 11.4 Å². The number of amides is 2. The van der Waals surface area contributed by atoms with Gasteiger partial charge >= 0.3 is 6.18 Å². The van der Waals surface area contributed by atoms with Gasteiger partial charge in [-0.3, -0.25) is 9.59 Å². The first-order valence-corrected chi connectivity index (χ1v) is 10.1. The highest BCUT2D eigenvalue weighted by Crippen LogP contribution is 2.29. The van der Waals surface area contributed by atoms with Gasteiger partial charge < -0.3 is 14.6 Å². The Morgan fingerprint density at radius 2 is 1.71 bits per heavy atom. The second kappa shape index (κ2) is 9.76. The number of nitrogens with zero attached hydrogens (tertiary/aromatic N) is 2. The molecule has 1 saturated heterocycles. The molecule has 0 aliphatic carbocycles. The summed E-state index contributed by atoms with van der Waals surface area (Å²) in [5.74, 6) is -0.563. The molecule has 5 nitrogen and oxygen atoms in total. The molecule has 2 aromatic rings. The Labute approximate surface area is 178 Å². The number of likely N-dealkylation sites (tertiary alicyclic amines) is 1. The van der Waals surface area contributed by atoms with Crippen LogP contribution in [0.1, 0.15) is 36.8 Å². The Morgan fingerprint density at radius 1 is 1.03 bits per heavy atom. The molecule has 0 aromatic heterocycles. The van der Waals surface area contributed by atoms with Crippen molar-refractivity contribution in [1.29, 1.82) is 0 Å². The second-order valence-corrected chi connectivity index (χ2v) is 7.44. The van der Waals surface area contributed by atoms with Crippen LogP contribution in [0.15, 0.2) is 54.6 Å². The number of anilines is 1. The summed E-state index contributed by atoms with van der Waals surface area (Å²) in [6, 6.07) is 13.0. The van der Waals surface area contributed by atoms with Crippen molar-refractivity contribution in [2.24, 2.45) is 0 Å². The SMILES string of the molecule is O=C[C@@H]1CCCN1C(=O)CCC(=O)N(Cc1ccc(C(F)(F)F)cc1)c1ccccc1. The van der Waals surface area contributed by atoms with E-state index in [-0.39, 0.29) is 31.2 Å². The molecule has 0 unspecified atom stereocenters. The van der Waals surface area contributed by atoms with E-state index in [0.717, 1.165) is 24.8 Å². The van der Waals surface area contributed by atoms with Gasteiger partial charge in [0, 0.05) is 25.1 Å². The molecule has 0 saturated carbocycles. The van der Waals surface area contributed by atoms with Crippen LogP contribution in [0.5, 0.6) is 0 Å². The van der Waals surface area contributed by atoms with Gasteiger partial charge in [-0.05, 0) is 42.7 Å². The third kappa shape index (κ3) is 5.71. The summed E-state index contributed by atoms with van der Waals surface area (Å²) in [4.78, 5) is 39.5. The third-order valence-electron chi connectivity index (χ3n) is 5.32. The van der Waals surface area contributed by atoms with Crippen LogP contribution in [-0.4, -0.2) is 35.6 Å². The lowest BCUT2D eigenvalue weighted by Crippen LogP contribution is -2.37. The molecule has 1 fully saturated rings. The highest BCUT2D eigenvalue weighted by atomic mass is 19.4. The molecule has 2 aromatic carbocycles. The summed E-state index contributed by atoms with van der Waals surface area (Å²) in [5, 5.41) is 0. The number of rotatable bonds is 7. The van der Waals surface area contributed by atoms with Crippen molar-refractivity contribution < 1.29 is 27.6 Å². The summed E-state index contributed by atoms with van der Waals surface area (Å²) in [5.41, 5.74) is 0.374. The highest BCUT2D eigenvalue weighted by Gasteiger charge is 2.31. The topological polar surface area (TPSA) is 57.7 Å². The second-order valence-electron chi connectivity index (χ2n) is 7.44. The molecule has 1 aliphatic heterocycles. The van der Waals surface area contributed by atoms with E-state index in [9.17, 15) is 27.6 Å². The molecule has 0 radical (unpaired) electrons. The number of hydrogen-bond donors (Lipinski definition) is 0. The number of halogens is 3. The van der Waals surface area contributed by atoms with Crippen molar-refractivity contribution in [2.45, 2.75) is 44.4 Å². The van der Waals surface area contributed by atoms with Gasteiger partial charge in [0.2, 0.25) is 11.8 Å². The summed E-state index contributed by atoms with van der Waals surface area (Å²) in [7, 11) is 0. The van der Waals surface area contributed by atoms with Crippen LogP contribution in [0.3, 0.4) is 0 Å². The minimum absolute atomic E-state index is 0.0283. The standard InChI is InChI=1S/C23H23F3N2O3/c24-23(25,26)18-10-8-17(9-11-18)15-28(19-5-2-1-3-6-19)22(31)13-12-21(30)27-14-4-7-20(27)16-29/h1-3,5-6,8-11,16,20H,4,7,12-15H2/t20-/m0/s1. The van der Waals surface area contributed by atoms with Gasteiger partial charge in [0.1, 0.15) is 6.29 Å². The monoisotopic (exact) mass is 432 g/mol. The van der Waals surface area contributed by atoms with E-state index in [0.29, 0.717) is 24.2 Å². The Hall–Kier alpha value is -3.16. The van der Waals surface area contributed by atoms with Crippen LogP contribution in [-0.2, 0) is 27.1 Å². The minimum Gasteiger partial charge on any atom is -0.333 e. The molecule has 0 N–H and O–H groups in total. The number of aldehydes is 1. The van der Waals surface area contributed by atoms with Crippen LogP contribution in [0, 0.1) is 0 Å². The molecule has 1 atom stereocenters. The van der Waals surface area contributed by atoms with Crippen LogP contribution >= 0.6 is 0 Å². The zero-order chi connectivity index (χ0) is 22.4. The molecule has 2 amide bonds. The van der Waals surface area contributed by atoms with E-state index < -0.39 is 17.8 Å². The summed E-state index contributed by atoms with van der Waals surface area (Å²) < 4.78 is 38.4. The van der Waals surface area contributed by atoms with Crippen LogP contribution in [0.25, 0.3) is 0 Å². The van der Waals surface area contributed by atoms with Crippen molar-refractivity contribution >= 4 is 23.8 Å². The molecule has 8 heteroatoms. The fourth-order valence-electron chi connectivity index (χ4n) is 3.65. The first-order valence-electron chi connectivity index (χ1n) is 10.1. The van der Waals surface area contributed by atoms with E-state index >= 15 is 0 Å². The lowest BCUT2D eigenvalue weighted by atomic mass is 10.1. The van der Waals surface area contributed by atoms with E-state index in [4.69, 9.17) is 0 Å². The predicted octanol–water partition coefficient (Wildman–Crippen LogP) is 4.21. The first-order chi connectivity index (χ1) is 14.8. The molecule has 1 aliphatic rings. The first kappa shape index (κ1) is 22.5. The number of hydrogen-bond acceptors (Lipinski definition) is 3. The molecule has 3 rings (SSSR count). The molecular weight excluding hydrogens is 409 g/mol. The van der Waals surface area contributed by atoms with Crippen molar-refractivity contribution in [3.63, 3.8) is 0 Å². The maximum atomic E-state index is 13.0. The van der Waals surface area contributed by atoms with Gasteiger partial charge in [-0.1, -0.05) is 30.3 Å². The van der Waals surface area contributed by atoms with Gasteiger partial charge in [0.15, 0.2) is 0 Å². The van der Waals surface area contributed by atoms with Gasteiger partial charge in [-0.15, -0.1) is 0 Å². The Morgan fingerprint density at radius 3 is 2.32 bits per heavy atom.